The van der Waals surface area contributed by atoms with Crippen molar-refractivity contribution >= 4 is 51.9 Å². The molecule has 7 N–H and O–H groups in total. The first kappa shape index (κ1) is 36.2. The number of primary amides is 1. The van der Waals surface area contributed by atoms with Gasteiger partial charge in [0, 0.05) is 12.1 Å². The van der Waals surface area contributed by atoms with Gasteiger partial charge < -0.3 is 32.3 Å². The van der Waals surface area contributed by atoms with E-state index in [4.69, 9.17) is 5.73 Å². The van der Waals surface area contributed by atoms with Crippen molar-refractivity contribution < 1.29 is 28.8 Å². The summed E-state index contributed by atoms with van der Waals surface area (Å²) in [5.41, 5.74) is 6.86. The van der Waals surface area contributed by atoms with E-state index in [1.165, 1.54) is 0 Å². The molecule has 0 aliphatic carbocycles. The molecule has 12 nitrogen and oxygen atoms in total. The molecule has 0 bridgehead atoms. The lowest BCUT2D eigenvalue weighted by Gasteiger charge is -2.26. The molecule has 6 amide bonds. The first-order valence-corrected chi connectivity index (χ1v) is 15.7. The van der Waals surface area contributed by atoms with Crippen molar-refractivity contribution in [2.75, 3.05) is 11.9 Å². The number of nitrogens with two attached hydrogens (primary N) is 1. The maximum absolute atomic E-state index is 13.4. The number of amides is 6. The second kappa shape index (κ2) is 17.4. The molecule has 0 aliphatic heterocycles. The lowest BCUT2D eigenvalue weighted by molar-refractivity contribution is -0.141. The summed E-state index contributed by atoms with van der Waals surface area (Å²) < 4.78 is 0. The van der Waals surface area contributed by atoms with E-state index >= 15 is 0 Å². The van der Waals surface area contributed by atoms with Gasteiger partial charge in [-0.3, -0.25) is 24.0 Å². The fourth-order valence-electron chi connectivity index (χ4n) is 4.96. The molecule has 3 unspecified atom stereocenters. The zero-order valence-electron chi connectivity index (χ0n) is 27.2. The van der Waals surface area contributed by atoms with Crippen LogP contribution in [0, 0.1) is 11.8 Å². The van der Waals surface area contributed by atoms with E-state index in [9.17, 15) is 28.8 Å². The monoisotopic (exact) mass is 644 g/mol. The summed E-state index contributed by atoms with van der Waals surface area (Å²) >= 11 is 0. The van der Waals surface area contributed by atoms with E-state index in [0.29, 0.717) is 12.1 Å². The SMILES string of the molecule is CC[C@H](C)C(NC(=O)C(CC(C)C)NC(=O)Nc1ccccc1)C(=O)C(=O)NCC(=O)NC(Cc1ccc2ccccc2c1)C(N)=O. The highest BCUT2D eigenvalue weighted by Gasteiger charge is 2.34. The number of carbonyl (C=O) groups is 6. The minimum atomic E-state index is -1.21. The van der Waals surface area contributed by atoms with Gasteiger partial charge in [-0.1, -0.05) is 94.8 Å². The number of nitrogens with one attached hydrogen (secondary N) is 5. The molecule has 47 heavy (non-hydrogen) atoms. The summed E-state index contributed by atoms with van der Waals surface area (Å²) in [6.07, 6.45) is 0.869. The maximum atomic E-state index is 13.4. The molecule has 3 aromatic rings. The topological polar surface area (TPSA) is 189 Å². The Labute approximate surface area is 274 Å². The number of anilines is 1. The number of carbonyl (C=O) groups excluding carboxylic acids is 6. The fraction of sp³-hybridized carbons (Fsp3) is 0.371. The predicted octanol–water partition coefficient (Wildman–Crippen LogP) is 2.81. The summed E-state index contributed by atoms with van der Waals surface area (Å²) in [5.74, 6) is -4.53. The number of rotatable bonds is 16. The van der Waals surface area contributed by atoms with Gasteiger partial charge in [0.2, 0.25) is 23.5 Å². The molecule has 0 heterocycles. The van der Waals surface area contributed by atoms with Crippen molar-refractivity contribution in [2.24, 2.45) is 17.6 Å². The Balaban J connectivity index is 1.60. The van der Waals surface area contributed by atoms with E-state index in [-0.39, 0.29) is 18.8 Å². The van der Waals surface area contributed by atoms with Crippen LogP contribution < -0.4 is 32.3 Å². The van der Waals surface area contributed by atoms with Gasteiger partial charge in [-0.15, -0.1) is 0 Å². The van der Waals surface area contributed by atoms with Crippen LogP contribution in [0.1, 0.15) is 46.1 Å². The molecule has 0 aromatic heterocycles. The molecule has 250 valence electrons. The van der Waals surface area contributed by atoms with E-state index in [0.717, 1.165) is 16.3 Å². The predicted molar refractivity (Wildman–Crippen MR) is 180 cm³/mol. The van der Waals surface area contributed by atoms with Crippen LogP contribution in [0.5, 0.6) is 0 Å². The summed E-state index contributed by atoms with van der Waals surface area (Å²) in [6, 6.07) is 18.2. The second-order valence-electron chi connectivity index (χ2n) is 12.0. The van der Waals surface area contributed by atoms with E-state index in [1.807, 2.05) is 56.3 Å². The quantitative estimate of drug-likeness (QED) is 0.130. The Hall–Kier alpha value is -5.26. The van der Waals surface area contributed by atoms with Crippen LogP contribution in [0.3, 0.4) is 0 Å². The van der Waals surface area contributed by atoms with Crippen molar-refractivity contribution in [3.05, 3.63) is 78.4 Å². The maximum Gasteiger partial charge on any atom is 0.319 e. The van der Waals surface area contributed by atoms with Crippen molar-refractivity contribution in [3.8, 4) is 0 Å². The van der Waals surface area contributed by atoms with Gasteiger partial charge in [-0.25, -0.2) is 4.79 Å². The Morgan fingerprint density at radius 1 is 0.766 bits per heavy atom. The van der Waals surface area contributed by atoms with Gasteiger partial charge >= 0.3 is 6.03 Å². The molecule has 4 atom stereocenters. The first-order valence-electron chi connectivity index (χ1n) is 15.7. The third-order valence-electron chi connectivity index (χ3n) is 7.72. The van der Waals surface area contributed by atoms with Crippen LogP contribution in [0.4, 0.5) is 10.5 Å². The van der Waals surface area contributed by atoms with E-state index in [2.05, 4.69) is 26.6 Å². The zero-order chi connectivity index (χ0) is 34.5. The minimum absolute atomic E-state index is 0.0211. The molecule has 3 aromatic carbocycles. The van der Waals surface area contributed by atoms with Crippen molar-refractivity contribution in [1.29, 1.82) is 0 Å². The summed E-state index contributed by atoms with van der Waals surface area (Å²) in [5, 5.41) is 14.8. The average Bonchev–Trinajstić information content (AvgIpc) is 3.04. The third kappa shape index (κ3) is 11.2. The van der Waals surface area contributed by atoms with Gasteiger partial charge in [0.05, 0.1) is 12.6 Å². The molecular weight excluding hydrogens is 600 g/mol. The standard InChI is InChI=1S/C35H44N6O6/c1-5-22(4)30(41-33(45)28(17-21(2)3)40-35(47)38-26-13-7-6-8-14-26)31(43)34(46)37-20-29(42)39-27(32(36)44)19-23-15-16-24-11-9-10-12-25(24)18-23/h6-16,18,21-22,27-28,30H,5,17,19-20H2,1-4H3,(H2,36,44)(H,37,46)(H,39,42)(H,41,45)(H2,38,40,47)/t22-,27?,28?,30?/m0/s1. The van der Waals surface area contributed by atoms with Crippen molar-refractivity contribution in [1.82, 2.24) is 21.3 Å². The normalized spacial score (nSPS) is 13.5. The number of ketones is 1. The number of Topliss-reactive ketones (excluding diaryl/α,β-unsaturated/α-hetero) is 1. The van der Waals surface area contributed by atoms with Gasteiger partial charge in [0.15, 0.2) is 0 Å². The number of para-hydroxylation sites is 1. The summed E-state index contributed by atoms with van der Waals surface area (Å²) in [7, 11) is 0. The van der Waals surface area contributed by atoms with Crippen LogP contribution in [0.15, 0.2) is 72.8 Å². The molecule has 0 saturated carbocycles. The number of benzene rings is 3. The smallest absolute Gasteiger partial charge is 0.319 e. The van der Waals surface area contributed by atoms with Crippen LogP contribution in [0.2, 0.25) is 0 Å². The molecule has 0 aliphatic rings. The highest BCUT2D eigenvalue weighted by atomic mass is 16.2. The largest absolute Gasteiger partial charge is 0.368 e. The molecule has 0 fully saturated rings. The first-order chi connectivity index (χ1) is 22.4. The van der Waals surface area contributed by atoms with Crippen LogP contribution >= 0.6 is 0 Å². The number of hydrogen-bond donors (Lipinski definition) is 6. The van der Waals surface area contributed by atoms with Crippen LogP contribution in [-0.4, -0.2) is 60.1 Å². The van der Waals surface area contributed by atoms with Gasteiger partial charge in [0.25, 0.3) is 5.91 Å². The summed E-state index contributed by atoms with van der Waals surface area (Å²) in [4.78, 5) is 77.0. The summed E-state index contributed by atoms with van der Waals surface area (Å²) in [6.45, 7) is 6.69. The zero-order valence-corrected chi connectivity index (χ0v) is 27.2. The van der Waals surface area contributed by atoms with Gasteiger partial charge in [0.1, 0.15) is 12.1 Å². The molecule has 3 rings (SSSR count). The van der Waals surface area contributed by atoms with Crippen LogP contribution in [-0.2, 0) is 30.4 Å². The molecule has 12 heteroatoms. The van der Waals surface area contributed by atoms with E-state index < -0.39 is 66.0 Å². The van der Waals surface area contributed by atoms with Crippen molar-refractivity contribution in [3.63, 3.8) is 0 Å². The highest BCUT2D eigenvalue weighted by Crippen LogP contribution is 2.17. The number of fused-ring (bicyclic) bond motifs is 1. The molecule has 0 spiro atoms. The number of urea groups is 1. The molecular formula is C35H44N6O6. The van der Waals surface area contributed by atoms with Crippen LogP contribution in [0.25, 0.3) is 10.8 Å². The number of hydrogen-bond acceptors (Lipinski definition) is 6. The highest BCUT2D eigenvalue weighted by molar-refractivity contribution is 6.38. The Morgan fingerprint density at radius 3 is 2.06 bits per heavy atom. The lowest BCUT2D eigenvalue weighted by Crippen LogP contribution is -2.57. The van der Waals surface area contributed by atoms with Gasteiger partial charge in [-0.05, 0) is 46.7 Å². The van der Waals surface area contributed by atoms with Crippen molar-refractivity contribution in [2.45, 2.75) is 65.1 Å². The average molecular weight is 645 g/mol. The molecule has 0 radical (unpaired) electrons. The van der Waals surface area contributed by atoms with Gasteiger partial charge in [-0.2, -0.15) is 0 Å². The van der Waals surface area contributed by atoms with E-state index in [1.54, 1.807) is 44.2 Å². The lowest BCUT2D eigenvalue weighted by atomic mass is 9.94. The Bertz CT molecular complexity index is 1580. The fourth-order valence-corrected chi connectivity index (χ4v) is 4.96. The minimum Gasteiger partial charge on any atom is -0.368 e. The third-order valence-corrected chi connectivity index (χ3v) is 7.72. The Morgan fingerprint density at radius 2 is 1.43 bits per heavy atom. The second-order valence-corrected chi connectivity index (χ2v) is 12.0. The Kier molecular flexibility index (Phi) is 13.4. The molecule has 0 saturated heterocycles.